The summed E-state index contributed by atoms with van der Waals surface area (Å²) in [4.78, 5) is 8.15. The number of nitrogen functional groups attached to an aromatic ring is 1. The van der Waals surface area contributed by atoms with Crippen LogP contribution >= 0.6 is 0 Å². The van der Waals surface area contributed by atoms with Crippen LogP contribution in [0.2, 0.25) is 0 Å². The molecule has 0 saturated carbocycles. The van der Waals surface area contributed by atoms with Crippen LogP contribution in [0.1, 0.15) is 34.1 Å². The Morgan fingerprint density at radius 1 is 1.35 bits per heavy atom. The quantitative estimate of drug-likeness (QED) is 0.795. The molecule has 1 rings (SSSR count). The molecule has 0 radical (unpaired) electrons. The van der Waals surface area contributed by atoms with Gasteiger partial charge in [0, 0.05) is 6.04 Å². The molecule has 0 fully saturated rings. The molecule has 2 unspecified atom stereocenters. The van der Waals surface area contributed by atoms with E-state index in [4.69, 9.17) is 10.5 Å². The number of nitrogens with one attached hydrogen (secondary N) is 1. The van der Waals surface area contributed by atoms with Gasteiger partial charge in [0.15, 0.2) is 5.82 Å². The SMILES string of the molecule is CCOc1ncnc(NC(C)C(C)CC)c1N. The van der Waals surface area contributed by atoms with E-state index in [2.05, 4.69) is 36.1 Å². The predicted molar refractivity (Wildman–Crippen MR) is 70.2 cm³/mol. The number of anilines is 2. The number of hydrogen-bond donors (Lipinski definition) is 2. The van der Waals surface area contributed by atoms with E-state index in [1.54, 1.807) is 0 Å². The standard InChI is InChI=1S/C12H22N4O/c1-5-8(3)9(4)16-11-10(13)12(17-6-2)15-7-14-11/h7-9H,5-6,13H2,1-4H3,(H,14,15,16). The van der Waals surface area contributed by atoms with Crippen LogP contribution in [0, 0.1) is 5.92 Å². The van der Waals surface area contributed by atoms with Gasteiger partial charge in [-0.15, -0.1) is 0 Å². The van der Waals surface area contributed by atoms with E-state index in [9.17, 15) is 0 Å². The van der Waals surface area contributed by atoms with Crippen LogP contribution in [0.15, 0.2) is 6.33 Å². The van der Waals surface area contributed by atoms with E-state index in [0.717, 1.165) is 6.42 Å². The first-order valence-electron chi connectivity index (χ1n) is 6.09. The van der Waals surface area contributed by atoms with E-state index >= 15 is 0 Å². The lowest BCUT2D eigenvalue weighted by Crippen LogP contribution is -2.24. The van der Waals surface area contributed by atoms with Crippen LogP contribution in [0.3, 0.4) is 0 Å². The van der Waals surface area contributed by atoms with Gasteiger partial charge in [0.05, 0.1) is 6.61 Å². The second kappa shape index (κ2) is 6.27. The number of rotatable bonds is 6. The van der Waals surface area contributed by atoms with E-state index in [-0.39, 0.29) is 0 Å². The third kappa shape index (κ3) is 3.47. The minimum Gasteiger partial charge on any atom is -0.476 e. The molecule has 0 spiro atoms. The minimum atomic E-state index is 0.312. The van der Waals surface area contributed by atoms with E-state index in [0.29, 0.717) is 36.0 Å². The lowest BCUT2D eigenvalue weighted by molar-refractivity contribution is 0.328. The molecule has 0 saturated heterocycles. The first-order chi connectivity index (χ1) is 8.10. The summed E-state index contributed by atoms with van der Waals surface area (Å²) < 4.78 is 5.33. The molecule has 0 aromatic carbocycles. The molecule has 96 valence electrons. The van der Waals surface area contributed by atoms with E-state index < -0.39 is 0 Å². The van der Waals surface area contributed by atoms with Gasteiger partial charge in [0.25, 0.3) is 0 Å². The number of nitrogens with two attached hydrogens (primary N) is 1. The zero-order chi connectivity index (χ0) is 12.8. The third-order valence-corrected chi connectivity index (χ3v) is 2.99. The number of aromatic nitrogens is 2. The maximum Gasteiger partial charge on any atom is 0.242 e. The summed E-state index contributed by atoms with van der Waals surface area (Å²) in [5.74, 6) is 1.65. The van der Waals surface area contributed by atoms with Crippen LogP contribution in [0.25, 0.3) is 0 Å². The summed E-state index contributed by atoms with van der Waals surface area (Å²) in [5.41, 5.74) is 6.42. The number of nitrogens with zero attached hydrogens (tertiary/aromatic N) is 2. The Kier molecular flexibility index (Phi) is 5.00. The fourth-order valence-corrected chi connectivity index (χ4v) is 1.46. The van der Waals surface area contributed by atoms with Crippen molar-refractivity contribution in [3.63, 3.8) is 0 Å². The van der Waals surface area contributed by atoms with Crippen molar-refractivity contribution in [3.05, 3.63) is 6.33 Å². The van der Waals surface area contributed by atoms with Gasteiger partial charge in [0.2, 0.25) is 5.88 Å². The lowest BCUT2D eigenvalue weighted by atomic mass is 10.0. The summed E-state index contributed by atoms with van der Waals surface area (Å²) >= 11 is 0. The smallest absolute Gasteiger partial charge is 0.242 e. The molecule has 5 heteroatoms. The second-order valence-electron chi connectivity index (χ2n) is 4.19. The maximum atomic E-state index is 5.95. The Balaban J connectivity index is 2.80. The Morgan fingerprint density at radius 2 is 2.06 bits per heavy atom. The van der Waals surface area contributed by atoms with Gasteiger partial charge in [-0.25, -0.2) is 4.98 Å². The molecule has 17 heavy (non-hydrogen) atoms. The number of hydrogen-bond acceptors (Lipinski definition) is 5. The van der Waals surface area contributed by atoms with E-state index in [1.807, 2.05) is 6.92 Å². The van der Waals surface area contributed by atoms with Crippen molar-refractivity contribution in [1.82, 2.24) is 9.97 Å². The molecule has 0 amide bonds. The van der Waals surface area contributed by atoms with Gasteiger partial charge in [0.1, 0.15) is 12.0 Å². The second-order valence-corrected chi connectivity index (χ2v) is 4.19. The molecule has 0 aliphatic carbocycles. The van der Waals surface area contributed by atoms with Gasteiger partial charge in [-0.1, -0.05) is 20.3 Å². The van der Waals surface area contributed by atoms with Crippen molar-refractivity contribution in [1.29, 1.82) is 0 Å². The van der Waals surface area contributed by atoms with Crippen molar-refractivity contribution in [2.24, 2.45) is 5.92 Å². The Hall–Kier alpha value is -1.52. The molecule has 1 aromatic heterocycles. The van der Waals surface area contributed by atoms with Crippen molar-refractivity contribution < 1.29 is 4.74 Å². The fourth-order valence-electron chi connectivity index (χ4n) is 1.46. The minimum absolute atomic E-state index is 0.312. The summed E-state index contributed by atoms with van der Waals surface area (Å²) in [6.07, 6.45) is 2.57. The van der Waals surface area contributed by atoms with Gasteiger partial charge in [-0.2, -0.15) is 4.98 Å². The van der Waals surface area contributed by atoms with Crippen LogP contribution in [0.4, 0.5) is 11.5 Å². The molecule has 5 nitrogen and oxygen atoms in total. The largest absolute Gasteiger partial charge is 0.476 e. The molecule has 1 aromatic rings. The molecule has 1 heterocycles. The maximum absolute atomic E-state index is 5.95. The van der Waals surface area contributed by atoms with Crippen molar-refractivity contribution in [2.45, 2.75) is 40.2 Å². The summed E-state index contributed by atoms with van der Waals surface area (Å²) in [7, 11) is 0. The highest BCUT2D eigenvalue weighted by Crippen LogP contribution is 2.26. The molecular formula is C12H22N4O. The van der Waals surface area contributed by atoms with E-state index in [1.165, 1.54) is 6.33 Å². The zero-order valence-corrected chi connectivity index (χ0v) is 11.0. The Bertz CT molecular complexity index is 356. The van der Waals surface area contributed by atoms with Crippen LogP contribution in [-0.2, 0) is 0 Å². The first kappa shape index (κ1) is 13.5. The van der Waals surface area contributed by atoms with Crippen molar-refractivity contribution in [3.8, 4) is 5.88 Å². The highest BCUT2D eigenvalue weighted by atomic mass is 16.5. The summed E-state index contributed by atoms with van der Waals surface area (Å²) in [6, 6.07) is 0.312. The van der Waals surface area contributed by atoms with Gasteiger partial charge in [-0.3, -0.25) is 0 Å². The van der Waals surface area contributed by atoms with Crippen LogP contribution in [0.5, 0.6) is 5.88 Å². The topological polar surface area (TPSA) is 73.1 Å². The lowest BCUT2D eigenvalue weighted by Gasteiger charge is -2.21. The van der Waals surface area contributed by atoms with Crippen LogP contribution in [-0.4, -0.2) is 22.6 Å². The Labute approximate surface area is 103 Å². The first-order valence-corrected chi connectivity index (χ1v) is 6.09. The molecule has 0 aliphatic rings. The third-order valence-electron chi connectivity index (χ3n) is 2.99. The average molecular weight is 238 g/mol. The summed E-state index contributed by atoms with van der Waals surface area (Å²) in [6.45, 7) is 8.92. The van der Waals surface area contributed by atoms with Gasteiger partial charge in [-0.05, 0) is 19.8 Å². The summed E-state index contributed by atoms with van der Waals surface area (Å²) in [5, 5.41) is 3.30. The molecular weight excluding hydrogens is 216 g/mol. The average Bonchev–Trinajstić information content (AvgIpc) is 2.33. The number of ether oxygens (including phenoxy) is 1. The molecule has 0 bridgehead atoms. The normalized spacial score (nSPS) is 14.1. The zero-order valence-electron chi connectivity index (χ0n) is 11.0. The van der Waals surface area contributed by atoms with Gasteiger partial charge >= 0.3 is 0 Å². The Morgan fingerprint density at radius 3 is 2.65 bits per heavy atom. The predicted octanol–water partition coefficient (Wildman–Crippen LogP) is 2.30. The molecule has 0 aliphatic heterocycles. The van der Waals surface area contributed by atoms with Gasteiger partial charge < -0.3 is 15.8 Å². The fraction of sp³-hybridized carbons (Fsp3) is 0.667. The van der Waals surface area contributed by atoms with Crippen molar-refractivity contribution >= 4 is 11.5 Å². The van der Waals surface area contributed by atoms with Crippen molar-refractivity contribution in [2.75, 3.05) is 17.7 Å². The highest BCUT2D eigenvalue weighted by Gasteiger charge is 2.14. The molecule has 2 atom stereocenters. The monoisotopic (exact) mass is 238 g/mol. The van der Waals surface area contributed by atoms with Crippen LogP contribution < -0.4 is 15.8 Å². The highest BCUT2D eigenvalue weighted by molar-refractivity contribution is 5.66. The molecule has 3 N–H and O–H groups in total.